The highest BCUT2D eigenvalue weighted by atomic mass is 32.1. The lowest BCUT2D eigenvalue weighted by molar-refractivity contribution is 0.107. The van der Waals surface area contributed by atoms with Crippen molar-refractivity contribution in [3.05, 3.63) is 21.9 Å². The van der Waals surface area contributed by atoms with Crippen LogP contribution in [0.5, 0.6) is 0 Å². The summed E-state index contributed by atoms with van der Waals surface area (Å²) in [6.07, 6.45) is 0. The van der Waals surface area contributed by atoms with Gasteiger partial charge < -0.3 is 15.0 Å². The van der Waals surface area contributed by atoms with E-state index in [0.717, 1.165) is 26.3 Å². The molecule has 98 valence electrons. The predicted octanol–water partition coefficient (Wildman–Crippen LogP) is 2.32. The normalized spacial score (nSPS) is 11.6. The topological polar surface area (TPSA) is 24.5 Å². The van der Waals surface area contributed by atoms with Gasteiger partial charge in [0.2, 0.25) is 0 Å². The molecular formula is C13H24N2OS. The Morgan fingerprint density at radius 1 is 1.29 bits per heavy atom. The summed E-state index contributed by atoms with van der Waals surface area (Å²) in [6, 6.07) is 4.89. The first-order valence-electron chi connectivity index (χ1n) is 6.11. The SMILES string of the molecule is CC(C)NCc1ccc(COCCN(C)C)s1. The molecule has 0 aromatic carbocycles. The summed E-state index contributed by atoms with van der Waals surface area (Å²) in [5, 5.41) is 3.42. The monoisotopic (exact) mass is 256 g/mol. The molecule has 0 aliphatic rings. The Balaban J connectivity index is 2.21. The lowest BCUT2D eigenvalue weighted by atomic mass is 10.3. The maximum absolute atomic E-state index is 5.62. The molecule has 1 aromatic rings. The summed E-state index contributed by atoms with van der Waals surface area (Å²) in [5.74, 6) is 0. The molecule has 17 heavy (non-hydrogen) atoms. The zero-order valence-electron chi connectivity index (χ0n) is 11.3. The number of nitrogens with one attached hydrogen (secondary N) is 1. The van der Waals surface area contributed by atoms with Gasteiger partial charge in [0.05, 0.1) is 13.2 Å². The fourth-order valence-electron chi connectivity index (χ4n) is 1.32. The Morgan fingerprint density at radius 3 is 2.65 bits per heavy atom. The van der Waals surface area contributed by atoms with Gasteiger partial charge in [-0.1, -0.05) is 13.8 Å². The van der Waals surface area contributed by atoms with Crippen molar-refractivity contribution < 1.29 is 4.74 Å². The highest BCUT2D eigenvalue weighted by Crippen LogP contribution is 2.17. The molecule has 0 atom stereocenters. The minimum Gasteiger partial charge on any atom is -0.375 e. The van der Waals surface area contributed by atoms with Crippen LogP contribution >= 0.6 is 11.3 Å². The smallest absolute Gasteiger partial charge is 0.0810 e. The van der Waals surface area contributed by atoms with Crippen molar-refractivity contribution in [1.82, 2.24) is 10.2 Å². The van der Waals surface area contributed by atoms with Crippen LogP contribution in [0.3, 0.4) is 0 Å². The maximum Gasteiger partial charge on any atom is 0.0810 e. The van der Waals surface area contributed by atoms with Gasteiger partial charge in [0.1, 0.15) is 0 Å². The van der Waals surface area contributed by atoms with E-state index in [9.17, 15) is 0 Å². The van der Waals surface area contributed by atoms with E-state index in [0.29, 0.717) is 6.04 Å². The van der Waals surface area contributed by atoms with E-state index >= 15 is 0 Å². The van der Waals surface area contributed by atoms with Gasteiger partial charge in [-0.25, -0.2) is 0 Å². The summed E-state index contributed by atoms with van der Waals surface area (Å²) in [7, 11) is 4.12. The van der Waals surface area contributed by atoms with E-state index in [1.165, 1.54) is 9.75 Å². The Kier molecular flexibility index (Phi) is 6.73. The molecule has 1 heterocycles. The van der Waals surface area contributed by atoms with Gasteiger partial charge in [-0.3, -0.25) is 0 Å². The molecule has 0 fully saturated rings. The van der Waals surface area contributed by atoms with Crippen molar-refractivity contribution in [2.45, 2.75) is 33.0 Å². The van der Waals surface area contributed by atoms with Crippen molar-refractivity contribution >= 4 is 11.3 Å². The third-order valence-electron chi connectivity index (χ3n) is 2.33. The molecule has 0 saturated heterocycles. The molecule has 0 saturated carbocycles. The van der Waals surface area contributed by atoms with Crippen LogP contribution < -0.4 is 5.32 Å². The molecule has 0 aliphatic heterocycles. The summed E-state index contributed by atoms with van der Waals surface area (Å²) in [5.41, 5.74) is 0. The van der Waals surface area contributed by atoms with E-state index in [1.54, 1.807) is 0 Å². The van der Waals surface area contributed by atoms with E-state index in [4.69, 9.17) is 4.74 Å². The van der Waals surface area contributed by atoms with Gasteiger partial charge in [-0.2, -0.15) is 0 Å². The minimum atomic E-state index is 0.539. The van der Waals surface area contributed by atoms with Crippen molar-refractivity contribution in [3.8, 4) is 0 Å². The van der Waals surface area contributed by atoms with Gasteiger partial charge >= 0.3 is 0 Å². The van der Waals surface area contributed by atoms with Crippen molar-refractivity contribution in [2.24, 2.45) is 0 Å². The quantitative estimate of drug-likeness (QED) is 0.723. The van der Waals surface area contributed by atoms with E-state index in [1.807, 2.05) is 11.3 Å². The average Bonchev–Trinajstić information content (AvgIpc) is 2.69. The molecular weight excluding hydrogens is 232 g/mol. The first kappa shape index (κ1) is 14.6. The van der Waals surface area contributed by atoms with E-state index < -0.39 is 0 Å². The molecule has 3 nitrogen and oxygen atoms in total. The number of hydrogen-bond donors (Lipinski definition) is 1. The molecule has 0 unspecified atom stereocenters. The Morgan fingerprint density at radius 2 is 2.00 bits per heavy atom. The fourth-order valence-corrected chi connectivity index (χ4v) is 2.23. The van der Waals surface area contributed by atoms with E-state index in [-0.39, 0.29) is 0 Å². The van der Waals surface area contributed by atoms with Crippen LogP contribution in [0.25, 0.3) is 0 Å². The summed E-state index contributed by atoms with van der Waals surface area (Å²) >= 11 is 1.83. The lowest BCUT2D eigenvalue weighted by Gasteiger charge is -2.09. The van der Waals surface area contributed by atoms with Gasteiger partial charge in [0.15, 0.2) is 0 Å². The number of hydrogen-bond acceptors (Lipinski definition) is 4. The van der Waals surface area contributed by atoms with Crippen molar-refractivity contribution in [3.63, 3.8) is 0 Å². The summed E-state index contributed by atoms with van der Waals surface area (Å²) < 4.78 is 5.62. The van der Waals surface area contributed by atoms with Gasteiger partial charge in [0.25, 0.3) is 0 Å². The van der Waals surface area contributed by atoms with Crippen LogP contribution in [-0.4, -0.2) is 38.2 Å². The number of likely N-dealkylation sites (N-methyl/N-ethyl adjacent to an activating group) is 1. The standard InChI is InChI=1S/C13H24N2OS/c1-11(2)14-9-12-5-6-13(17-12)10-16-8-7-15(3)4/h5-6,11,14H,7-10H2,1-4H3. The molecule has 1 aromatic heterocycles. The van der Waals surface area contributed by atoms with Gasteiger partial charge in [-0.15, -0.1) is 11.3 Å². The highest BCUT2D eigenvalue weighted by molar-refractivity contribution is 7.11. The van der Waals surface area contributed by atoms with Crippen LogP contribution in [0.1, 0.15) is 23.6 Å². The van der Waals surface area contributed by atoms with Crippen LogP contribution in [0.4, 0.5) is 0 Å². The molecule has 1 rings (SSSR count). The first-order chi connectivity index (χ1) is 8.08. The molecule has 0 aliphatic carbocycles. The number of thiophene rings is 1. The summed E-state index contributed by atoms with van der Waals surface area (Å²) in [4.78, 5) is 4.82. The molecule has 0 bridgehead atoms. The summed E-state index contributed by atoms with van der Waals surface area (Å²) in [6.45, 7) is 7.80. The first-order valence-corrected chi connectivity index (χ1v) is 6.93. The Bertz CT molecular complexity index is 310. The number of nitrogens with zero attached hydrogens (tertiary/aromatic N) is 1. The van der Waals surface area contributed by atoms with Crippen LogP contribution in [0, 0.1) is 0 Å². The zero-order valence-corrected chi connectivity index (χ0v) is 12.1. The second-order valence-corrected chi connectivity index (χ2v) is 6.01. The molecule has 0 spiro atoms. The third-order valence-corrected chi connectivity index (χ3v) is 3.39. The van der Waals surface area contributed by atoms with Crippen LogP contribution in [0.15, 0.2) is 12.1 Å². The zero-order chi connectivity index (χ0) is 12.7. The third kappa shape index (κ3) is 6.78. The second kappa shape index (κ2) is 7.82. The van der Waals surface area contributed by atoms with Gasteiger partial charge in [-0.05, 0) is 26.2 Å². The predicted molar refractivity (Wildman–Crippen MR) is 74.5 cm³/mol. The maximum atomic E-state index is 5.62. The molecule has 0 amide bonds. The lowest BCUT2D eigenvalue weighted by Crippen LogP contribution is -2.21. The van der Waals surface area contributed by atoms with Crippen molar-refractivity contribution in [2.75, 3.05) is 27.2 Å². The fraction of sp³-hybridized carbons (Fsp3) is 0.692. The second-order valence-electron chi connectivity index (χ2n) is 4.76. The Labute approximate surface area is 109 Å². The molecule has 1 N–H and O–H groups in total. The van der Waals surface area contributed by atoms with E-state index in [2.05, 4.69) is 50.3 Å². The van der Waals surface area contributed by atoms with Crippen molar-refractivity contribution in [1.29, 1.82) is 0 Å². The molecule has 0 radical (unpaired) electrons. The van der Waals surface area contributed by atoms with Gasteiger partial charge in [0, 0.05) is 28.9 Å². The minimum absolute atomic E-state index is 0.539. The highest BCUT2D eigenvalue weighted by Gasteiger charge is 2.01. The van der Waals surface area contributed by atoms with Crippen LogP contribution in [0.2, 0.25) is 0 Å². The average molecular weight is 256 g/mol. The Hall–Kier alpha value is -0.420. The number of ether oxygens (including phenoxy) is 1. The largest absolute Gasteiger partial charge is 0.375 e. The number of rotatable bonds is 8. The van der Waals surface area contributed by atoms with Crippen LogP contribution in [-0.2, 0) is 17.9 Å². The molecule has 4 heteroatoms.